The summed E-state index contributed by atoms with van der Waals surface area (Å²) in [5.74, 6) is 0. The van der Waals surface area contributed by atoms with Crippen molar-refractivity contribution in [3.05, 3.63) is 30.6 Å². The molecule has 0 heterocycles. The second kappa shape index (κ2) is 16.5. The van der Waals surface area contributed by atoms with Crippen LogP contribution in [0, 0.1) is 30.6 Å². The molecule has 0 aliphatic rings. The zero-order valence-electron chi connectivity index (χ0n) is 5.05. The molecule has 0 aromatic carbocycles. The molecule has 8 nitrogen and oxygen atoms in total. The van der Waals surface area contributed by atoms with E-state index in [1.165, 1.54) is 0 Å². The summed E-state index contributed by atoms with van der Waals surface area (Å²) in [6.07, 6.45) is 0. The summed E-state index contributed by atoms with van der Waals surface area (Å²) in [5.41, 5.74) is 0. The van der Waals surface area contributed by atoms with Gasteiger partial charge in [-0.25, -0.2) is 0 Å². The number of nitrogens with zero attached hydrogens (tertiary/aromatic N) is 2. The third-order valence-electron chi connectivity index (χ3n) is 0. The van der Waals surface area contributed by atoms with E-state index in [4.69, 9.17) is 30.6 Å². The average molecular weight is 235 g/mol. The monoisotopic (exact) mass is 235 g/mol. The van der Waals surface area contributed by atoms with Gasteiger partial charge in [0.15, 0.2) is 0 Å². The summed E-state index contributed by atoms with van der Waals surface area (Å²) < 4.78 is 0. The van der Waals surface area contributed by atoms with E-state index in [0.29, 0.717) is 0 Å². The Morgan fingerprint density at radius 3 is 0.800 bits per heavy atom. The van der Waals surface area contributed by atoms with Gasteiger partial charge in [-0.15, -0.1) is 0 Å². The molecule has 10 heavy (non-hydrogen) atoms. The van der Waals surface area contributed by atoms with E-state index in [2.05, 4.69) is 0 Å². The van der Waals surface area contributed by atoms with Gasteiger partial charge in [-0.3, -0.25) is 0 Å². The molecule has 0 aromatic heterocycles. The van der Waals surface area contributed by atoms with Gasteiger partial charge < -0.3 is 30.6 Å². The summed E-state index contributed by atoms with van der Waals surface area (Å²) in [4.78, 5) is 16.5. The standard InChI is InChI=1S/2NO3.Na.Sr/c2*2-1(3)4;;/q2*-1;+1;+2. The van der Waals surface area contributed by atoms with Gasteiger partial charge in [0, 0.05) is 0 Å². The Labute approximate surface area is 114 Å². The molecule has 0 unspecified atom stereocenters. The largest absolute Gasteiger partial charge is 2.00 e. The van der Waals surface area contributed by atoms with Crippen LogP contribution in [0.15, 0.2) is 0 Å². The second-order valence-corrected chi connectivity index (χ2v) is 0.447. The molecule has 10 heteroatoms. The van der Waals surface area contributed by atoms with Gasteiger partial charge in [-0.1, -0.05) is 0 Å². The van der Waals surface area contributed by atoms with Gasteiger partial charge in [0.25, 0.3) is 0 Å². The van der Waals surface area contributed by atoms with E-state index in [9.17, 15) is 0 Å². The first-order valence-electron chi connectivity index (χ1n) is 1.10. The van der Waals surface area contributed by atoms with E-state index in [1.54, 1.807) is 0 Å². The average Bonchev–Trinajstić information content (AvgIpc) is 1.25. The minimum absolute atomic E-state index is 0. The van der Waals surface area contributed by atoms with Crippen molar-refractivity contribution in [2.45, 2.75) is 0 Å². The molecule has 0 saturated heterocycles. The van der Waals surface area contributed by atoms with E-state index in [1.807, 2.05) is 0 Å². The zero-order valence-corrected chi connectivity index (χ0v) is 10.5. The minimum Gasteiger partial charge on any atom is -0.356 e. The van der Waals surface area contributed by atoms with Gasteiger partial charge in [-0.05, 0) is 0 Å². The molecule has 0 fully saturated rings. The smallest absolute Gasteiger partial charge is 0.356 e. The summed E-state index contributed by atoms with van der Waals surface area (Å²) in [6.45, 7) is 0. The van der Waals surface area contributed by atoms with Gasteiger partial charge in [0.1, 0.15) is 0 Å². The molecule has 0 atom stereocenters. The second-order valence-electron chi connectivity index (χ2n) is 0.447. The Morgan fingerprint density at radius 1 is 0.800 bits per heavy atom. The Morgan fingerprint density at radius 2 is 0.800 bits per heavy atom. The number of rotatable bonds is 0. The number of hydrogen-bond acceptors (Lipinski definition) is 6. The van der Waals surface area contributed by atoms with Gasteiger partial charge >= 0.3 is 75.0 Å². The predicted molar refractivity (Wildman–Crippen MR) is 26.5 cm³/mol. The van der Waals surface area contributed by atoms with Crippen LogP contribution in [-0.2, 0) is 0 Å². The molecular formula is N2NaO6Sr+. The van der Waals surface area contributed by atoms with Gasteiger partial charge in [0.2, 0.25) is 0 Å². The molecule has 0 aliphatic carbocycles. The van der Waals surface area contributed by atoms with Crippen LogP contribution in [0.2, 0.25) is 0 Å². The van der Waals surface area contributed by atoms with Crippen LogP contribution in [0.25, 0.3) is 0 Å². The maximum absolute atomic E-state index is 8.25. The van der Waals surface area contributed by atoms with Crippen LogP contribution in [0.1, 0.15) is 0 Å². The fourth-order valence-corrected chi connectivity index (χ4v) is 0. The third kappa shape index (κ3) is 711. The Balaban J connectivity index is -0.0000000300. The first-order valence-corrected chi connectivity index (χ1v) is 1.10. The van der Waals surface area contributed by atoms with Crippen molar-refractivity contribution in [3.63, 3.8) is 0 Å². The van der Waals surface area contributed by atoms with Crippen molar-refractivity contribution in [1.29, 1.82) is 0 Å². The quantitative estimate of drug-likeness (QED) is 0.239. The van der Waals surface area contributed by atoms with Crippen LogP contribution in [0.4, 0.5) is 0 Å². The minimum atomic E-state index is -1.75. The molecular weight excluding hydrogens is 235 g/mol. The summed E-state index contributed by atoms with van der Waals surface area (Å²) in [6, 6.07) is 0. The molecule has 0 amide bonds. The van der Waals surface area contributed by atoms with Crippen molar-refractivity contribution in [2.75, 3.05) is 0 Å². The van der Waals surface area contributed by atoms with Crippen LogP contribution in [0.5, 0.6) is 0 Å². The maximum Gasteiger partial charge on any atom is 2.00 e. The fourth-order valence-electron chi connectivity index (χ4n) is 0. The topological polar surface area (TPSA) is 132 Å². The first-order chi connectivity index (χ1) is 3.46. The molecule has 0 spiro atoms. The molecule has 0 saturated carbocycles. The van der Waals surface area contributed by atoms with Crippen molar-refractivity contribution >= 4 is 45.5 Å². The maximum atomic E-state index is 8.25. The van der Waals surface area contributed by atoms with E-state index in [0.717, 1.165) is 0 Å². The van der Waals surface area contributed by atoms with Crippen molar-refractivity contribution in [1.82, 2.24) is 0 Å². The third-order valence-corrected chi connectivity index (χ3v) is 0. The summed E-state index contributed by atoms with van der Waals surface area (Å²) in [5, 5.41) is 29.5. The van der Waals surface area contributed by atoms with E-state index < -0.39 is 10.2 Å². The molecule has 0 aromatic rings. The molecule has 0 radical (unpaired) electrons. The Bertz CT molecular complexity index is 73.7. The SMILES string of the molecule is O=[N+]([O-])[O-].O=[N+]([O-])[O-].[Na+].[Sr+2]. The van der Waals surface area contributed by atoms with Crippen LogP contribution < -0.4 is 29.6 Å². The van der Waals surface area contributed by atoms with Crippen LogP contribution in [-0.4, -0.2) is 55.7 Å². The molecule has 48 valence electrons. The molecule has 0 aliphatic heterocycles. The molecule has 0 rings (SSSR count). The first kappa shape index (κ1) is 22.4. The van der Waals surface area contributed by atoms with Crippen molar-refractivity contribution in [3.8, 4) is 0 Å². The molecule has 0 N–H and O–H groups in total. The van der Waals surface area contributed by atoms with E-state index >= 15 is 0 Å². The van der Waals surface area contributed by atoms with Crippen LogP contribution in [0.3, 0.4) is 0 Å². The number of hydrogen-bond donors (Lipinski definition) is 0. The Kier molecular flexibility index (Phi) is 36.9. The summed E-state index contributed by atoms with van der Waals surface area (Å²) in [7, 11) is 0. The Hall–Kier alpha value is 0.881. The predicted octanol–water partition coefficient (Wildman–Crippen LogP) is -3.86. The molecule has 0 bridgehead atoms. The van der Waals surface area contributed by atoms with Crippen LogP contribution >= 0.6 is 0 Å². The fraction of sp³-hybridized carbons (Fsp3) is 0. The summed E-state index contributed by atoms with van der Waals surface area (Å²) >= 11 is 0. The normalized spacial score (nSPS) is 4.80. The van der Waals surface area contributed by atoms with Crippen molar-refractivity contribution < 1.29 is 39.7 Å². The van der Waals surface area contributed by atoms with Crippen molar-refractivity contribution in [2.24, 2.45) is 0 Å². The van der Waals surface area contributed by atoms with E-state index in [-0.39, 0.29) is 75.0 Å². The van der Waals surface area contributed by atoms with Gasteiger partial charge in [-0.2, -0.15) is 0 Å². The zero-order chi connectivity index (χ0) is 7.15. The van der Waals surface area contributed by atoms with Gasteiger partial charge in [0.05, 0.1) is 10.2 Å².